The van der Waals surface area contributed by atoms with Gasteiger partial charge in [0.05, 0.1) is 16.5 Å². The molecule has 6 nitrogen and oxygen atoms in total. The van der Waals surface area contributed by atoms with E-state index in [2.05, 4.69) is 0 Å². The van der Waals surface area contributed by atoms with E-state index >= 15 is 0 Å². The van der Waals surface area contributed by atoms with E-state index in [0.717, 1.165) is 12.3 Å². The van der Waals surface area contributed by atoms with Crippen LogP contribution in [0.25, 0.3) is 0 Å². The van der Waals surface area contributed by atoms with Crippen LogP contribution in [-0.2, 0) is 14.8 Å². The highest BCUT2D eigenvalue weighted by molar-refractivity contribution is 7.89. The minimum Gasteiger partial charge on any atom is -0.340 e. The summed E-state index contributed by atoms with van der Waals surface area (Å²) in [5.41, 5.74) is 0.435. The standard InChI is InChI=1S/C19H23N3O3S/c20-13-14-2-5-17(6-3-14)26(24,25)22-9-7-21(8-10-22)19(23)18-12-15-1-4-16(18)11-15/h2-3,5-6,15-16,18H,1,4,7-12H2. The molecule has 2 bridgehead atoms. The molecule has 4 rings (SSSR count). The summed E-state index contributed by atoms with van der Waals surface area (Å²) >= 11 is 0. The Bertz CT molecular complexity index is 836. The molecule has 7 heteroatoms. The van der Waals surface area contributed by atoms with E-state index in [1.54, 1.807) is 0 Å². The lowest BCUT2D eigenvalue weighted by Crippen LogP contribution is -2.52. The van der Waals surface area contributed by atoms with Crippen molar-refractivity contribution in [3.05, 3.63) is 29.8 Å². The van der Waals surface area contributed by atoms with Gasteiger partial charge in [0, 0.05) is 32.1 Å². The summed E-state index contributed by atoms with van der Waals surface area (Å²) in [6.07, 6.45) is 4.66. The van der Waals surface area contributed by atoms with Crippen LogP contribution in [0.15, 0.2) is 29.2 Å². The van der Waals surface area contributed by atoms with E-state index in [1.165, 1.54) is 47.8 Å². The van der Waals surface area contributed by atoms with Gasteiger partial charge in [0.15, 0.2) is 0 Å². The number of hydrogen-bond acceptors (Lipinski definition) is 4. The van der Waals surface area contributed by atoms with Gasteiger partial charge in [-0.1, -0.05) is 6.42 Å². The largest absolute Gasteiger partial charge is 0.340 e. The Hall–Kier alpha value is -1.91. The second kappa shape index (κ2) is 6.67. The van der Waals surface area contributed by atoms with Crippen molar-refractivity contribution in [2.45, 2.75) is 30.6 Å². The number of piperazine rings is 1. The van der Waals surface area contributed by atoms with E-state index < -0.39 is 10.0 Å². The quantitative estimate of drug-likeness (QED) is 0.809. The van der Waals surface area contributed by atoms with E-state index in [4.69, 9.17) is 5.26 Å². The van der Waals surface area contributed by atoms with E-state index in [1.807, 2.05) is 11.0 Å². The predicted molar refractivity (Wildman–Crippen MR) is 95.4 cm³/mol. The normalized spacial score (nSPS) is 28.9. The first kappa shape index (κ1) is 17.5. The average Bonchev–Trinajstić information content (AvgIpc) is 3.31. The third-order valence-corrected chi connectivity index (χ3v) is 8.14. The van der Waals surface area contributed by atoms with E-state index in [9.17, 15) is 13.2 Å². The molecule has 3 fully saturated rings. The second-order valence-corrected chi connectivity index (χ2v) is 9.58. The monoisotopic (exact) mass is 373 g/mol. The average molecular weight is 373 g/mol. The van der Waals surface area contributed by atoms with Gasteiger partial charge in [0.25, 0.3) is 0 Å². The van der Waals surface area contributed by atoms with Crippen LogP contribution in [0.1, 0.15) is 31.2 Å². The lowest BCUT2D eigenvalue weighted by atomic mass is 9.87. The second-order valence-electron chi connectivity index (χ2n) is 7.65. The van der Waals surface area contributed by atoms with Crippen LogP contribution in [0.5, 0.6) is 0 Å². The Kier molecular flexibility index (Phi) is 4.49. The Morgan fingerprint density at radius 3 is 2.27 bits per heavy atom. The number of carbonyl (C=O) groups is 1. The van der Waals surface area contributed by atoms with Crippen molar-refractivity contribution in [1.29, 1.82) is 5.26 Å². The number of nitriles is 1. The van der Waals surface area contributed by atoms with Crippen molar-refractivity contribution in [2.24, 2.45) is 17.8 Å². The van der Waals surface area contributed by atoms with Crippen molar-refractivity contribution < 1.29 is 13.2 Å². The maximum atomic E-state index is 12.8. The smallest absolute Gasteiger partial charge is 0.243 e. The molecule has 3 atom stereocenters. The van der Waals surface area contributed by atoms with Crippen LogP contribution in [0.3, 0.4) is 0 Å². The summed E-state index contributed by atoms with van der Waals surface area (Å²) in [7, 11) is -3.58. The summed E-state index contributed by atoms with van der Waals surface area (Å²) in [6, 6.07) is 7.97. The molecule has 1 heterocycles. The summed E-state index contributed by atoms with van der Waals surface area (Å²) in [5, 5.41) is 8.84. The number of amides is 1. The summed E-state index contributed by atoms with van der Waals surface area (Å²) in [6.45, 7) is 1.58. The lowest BCUT2D eigenvalue weighted by Gasteiger charge is -2.36. The van der Waals surface area contributed by atoms with Crippen molar-refractivity contribution in [2.75, 3.05) is 26.2 Å². The number of sulfonamides is 1. The van der Waals surface area contributed by atoms with Crippen molar-refractivity contribution in [3.63, 3.8) is 0 Å². The molecule has 0 aromatic heterocycles. The first-order valence-corrected chi connectivity index (χ1v) is 10.7. The molecule has 1 amide bonds. The third kappa shape index (κ3) is 3.01. The fraction of sp³-hybridized carbons (Fsp3) is 0.579. The SMILES string of the molecule is N#Cc1ccc(S(=O)(=O)N2CCN(C(=O)C3CC4CCC3C4)CC2)cc1. The number of benzene rings is 1. The van der Waals surface area contributed by atoms with Crippen LogP contribution >= 0.6 is 0 Å². The van der Waals surface area contributed by atoms with Gasteiger partial charge in [-0.3, -0.25) is 4.79 Å². The fourth-order valence-corrected chi connectivity index (χ4v) is 6.20. The molecule has 0 radical (unpaired) electrons. The van der Waals surface area contributed by atoms with Crippen molar-refractivity contribution in [1.82, 2.24) is 9.21 Å². The summed E-state index contributed by atoms with van der Waals surface area (Å²) in [5.74, 6) is 1.67. The summed E-state index contributed by atoms with van der Waals surface area (Å²) in [4.78, 5) is 14.9. The maximum Gasteiger partial charge on any atom is 0.243 e. The van der Waals surface area contributed by atoms with Crippen LogP contribution < -0.4 is 0 Å². The van der Waals surface area contributed by atoms with Crippen molar-refractivity contribution in [3.8, 4) is 6.07 Å². The van der Waals surface area contributed by atoms with Gasteiger partial charge in [0.2, 0.25) is 15.9 Å². The van der Waals surface area contributed by atoms with Gasteiger partial charge in [-0.05, 0) is 55.4 Å². The highest BCUT2D eigenvalue weighted by Crippen LogP contribution is 2.48. The minimum atomic E-state index is -3.58. The molecule has 1 saturated heterocycles. The zero-order chi connectivity index (χ0) is 18.3. The molecular formula is C19H23N3O3S. The zero-order valence-corrected chi connectivity index (χ0v) is 15.5. The number of rotatable bonds is 3. The highest BCUT2D eigenvalue weighted by atomic mass is 32.2. The fourth-order valence-electron chi connectivity index (χ4n) is 4.78. The number of carbonyl (C=O) groups excluding carboxylic acids is 1. The van der Waals surface area contributed by atoms with Gasteiger partial charge in [-0.2, -0.15) is 9.57 Å². The predicted octanol–water partition coefficient (Wildman–Crippen LogP) is 1.83. The molecule has 3 unspecified atom stereocenters. The molecule has 0 N–H and O–H groups in total. The molecule has 26 heavy (non-hydrogen) atoms. The van der Waals surface area contributed by atoms with E-state index in [0.29, 0.717) is 37.7 Å². The Balaban J connectivity index is 1.39. The number of fused-ring (bicyclic) bond motifs is 2. The molecule has 2 aliphatic carbocycles. The molecule has 0 spiro atoms. The van der Waals surface area contributed by atoms with Crippen LogP contribution in [0.2, 0.25) is 0 Å². The van der Waals surface area contributed by atoms with Crippen LogP contribution in [0, 0.1) is 29.1 Å². The van der Waals surface area contributed by atoms with Crippen LogP contribution in [0.4, 0.5) is 0 Å². The molecular weight excluding hydrogens is 350 g/mol. The van der Waals surface area contributed by atoms with Gasteiger partial charge in [0.1, 0.15) is 0 Å². The van der Waals surface area contributed by atoms with Gasteiger partial charge < -0.3 is 4.90 Å². The minimum absolute atomic E-state index is 0.162. The van der Waals surface area contributed by atoms with Gasteiger partial charge in [-0.15, -0.1) is 0 Å². The lowest BCUT2D eigenvalue weighted by molar-refractivity contribution is -0.138. The third-order valence-electron chi connectivity index (χ3n) is 6.23. The number of nitrogens with zero attached hydrogens (tertiary/aromatic N) is 3. The molecule has 3 aliphatic rings. The number of hydrogen-bond donors (Lipinski definition) is 0. The molecule has 2 saturated carbocycles. The molecule has 1 aliphatic heterocycles. The first-order valence-electron chi connectivity index (χ1n) is 9.28. The Labute approximate surface area is 154 Å². The van der Waals surface area contributed by atoms with E-state index in [-0.39, 0.29) is 16.7 Å². The topological polar surface area (TPSA) is 81.5 Å². The molecule has 1 aromatic carbocycles. The van der Waals surface area contributed by atoms with Crippen LogP contribution in [-0.4, -0.2) is 49.7 Å². The molecule has 138 valence electrons. The van der Waals surface area contributed by atoms with Crippen molar-refractivity contribution >= 4 is 15.9 Å². The summed E-state index contributed by atoms with van der Waals surface area (Å²) < 4.78 is 27.0. The zero-order valence-electron chi connectivity index (χ0n) is 14.7. The Morgan fingerprint density at radius 1 is 1.04 bits per heavy atom. The highest BCUT2D eigenvalue weighted by Gasteiger charge is 2.45. The first-order chi connectivity index (χ1) is 12.5. The molecule has 1 aromatic rings. The van der Waals surface area contributed by atoms with Gasteiger partial charge >= 0.3 is 0 Å². The Morgan fingerprint density at radius 2 is 1.73 bits per heavy atom. The maximum absolute atomic E-state index is 12.8. The van der Waals surface area contributed by atoms with Gasteiger partial charge in [-0.25, -0.2) is 8.42 Å².